The second-order valence-electron chi connectivity index (χ2n) is 7.32. The summed E-state index contributed by atoms with van der Waals surface area (Å²) in [6.45, 7) is 2.39. The van der Waals surface area contributed by atoms with Crippen molar-refractivity contribution in [3.05, 3.63) is 35.1 Å². The van der Waals surface area contributed by atoms with Crippen molar-refractivity contribution in [2.45, 2.75) is 38.1 Å². The molecule has 1 saturated heterocycles. The fraction of sp³-hybridized carbons (Fsp3) is 0.579. The lowest BCUT2D eigenvalue weighted by Gasteiger charge is -2.38. The van der Waals surface area contributed by atoms with E-state index in [2.05, 4.69) is 5.32 Å². The highest BCUT2D eigenvalue weighted by atomic mass is 19.1. The van der Waals surface area contributed by atoms with Gasteiger partial charge in [-0.1, -0.05) is 12.5 Å². The average molecular weight is 345 g/mol. The SMILES string of the molecule is O=C(NC1CCc2cc(F)ccc21)N1CCN(C(=O)C2CCC2)CC1. The van der Waals surface area contributed by atoms with Gasteiger partial charge in [0.2, 0.25) is 5.91 Å². The van der Waals surface area contributed by atoms with E-state index < -0.39 is 0 Å². The Morgan fingerprint density at radius 1 is 1.04 bits per heavy atom. The van der Waals surface area contributed by atoms with Crippen LogP contribution in [0.5, 0.6) is 0 Å². The average Bonchev–Trinajstić information content (AvgIpc) is 2.95. The van der Waals surface area contributed by atoms with Crippen molar-refractivity contribution in [1.29, 1.82) is 0 Å². The molecule has 3 amide bonds. The fourth-order valence-corrected chi connectivity index (χ4v) is 4.02. The number of amides is 3. The number of urea groups is 1. The number of hydrogen-bond acceptors (Lipinski definition) is 2. The van der Waals surface area contributed by atoms with Crippen molar-refractivity contribution in [3.8, 4) is 0 Å². The highest BCUT2D eigenvalue weighted by Crippen LogP contribution is 2.32. The zero-order chi connectivity index (χ0) is 17.4. The van der Waals surface area contributed by atoms with Crippen molar-refractivity contribution < 1.29 is 14.0 Å². The van der Waals surface area contributed by atoms with Crippen LogP contribution in [-0.2, 0) is 11.2 Å². The quantitative estimate of drug-likeness (QED) is 0.895. The zero-order valence-corrected chi connectivity index (χ0v) is 14.3. The van der Waals surface area contributed by atoms with Gasteiger partial charge in [0.05, 0.1) is 6.04 Å². The number of carbonyl (C=O) groups excluding carboxylic acids is 2. The summed E-state index contributed by atoms with van der Waals surface area (Å²) >= 11 is 0. The summed E-state index contributed by atoms with van der Waals surface area (Å²) in [6.07, 6.45) is 4.79. The number of nitrogens with one attached hydrogen (secondary N) is 1. The van der Waals surface area contributed by atoms with E-state index >= 15 is 0 Å². The van der Waals surface area contributed by atoms with Crippen LogP contribution in [0.1, 0.15) is 42.9 Å². The highest BCUT2D eigenvalue weighted by molar-refractivity contribution is 5.80. The third kappa shape index (κ3) is 3.22. The summed E-state index contributed by atoms with van der Waals surface area (Å²) in [4.78, 5) is 28.5. The molecule has 1 atom stereocenters. The Bertz CT molecular complexity index is 681. The molecule has 0 bridgehead atoms. The predicted octanol–water partition coefficient (Wildman–Crippen LogP) is 2.47. The molecule has 1 aliphatic heterocycles. The van der Waals surface area contributed by atoms with Gasteiger partial charge in [0.1, 0.15) is 5.82 Å². The topological polar surface area (TPSA) is 52.7 Å². The van der Waals surface area contributed by atoms with Crippen LogP contribution >= 0.6 is 0 Å². The molecule has 134 valence electrons. The van der Waals surface area contributed by atoms with Crippen LogP contribution < -0.4 is 5.32 Å². The Hall–Kier alpha value is -2.11. The number of carbonyl (C=O) groups is 2. The number of piperazine rings is 1. The van der Waals surface area contributed by atoms with Crippen molar-refractivity contribution in [3.63, 3.8) is 0 Å². The maximum absolute atomic E-state index is 13.3. The summed E-state index contributed by atoms with van der Waals surface area (Å²) in [7, 11) is 0. The number of nitrogens with zero attached hydrogens (tertiary/aromatic N) is 2. The van der Waals surface area contributed by atoms with Crippen LogP contribution in [0.3, 0.4) is 0 Å². The molecule has 1 saturated carbocycles. The van der Waals surface area contributed by atoms with E-state index in [-0.39, 0.29) is 29.7 Å². The summed E-state index contributed by atoms with van der Waals surface area (Å²) in [5.41, 5.74) is 2.01. The fourth-order valence-electron chi connectivity index (χ4n) is 4.02. The summed E-state index contributed by atoms with van der Waals surface area (Å²) in [5.74, 6) is 0.256. The number of rotatable bonds is 2. The second-order valence-corrected chi connectivity index (χ2v) is 7.32. The van der Waals surface area contributed by atoms with Crippen LogP contribution in [0.15, 0.2) is 18.2 Å². The molecular formula is C19H24FN3O2. The predicted molar refractivity (Wildman–Crippen MR) is 91.5 cm³/mol. The smallest absolute Gasteiger partial charge is 0.318 e. The molecule has 1 N–H and O–H groups in total. The first-order valence-corrected chi connectivity index (χ1v) is 9.24. The van der Waals surface area contributed by atoms with Gasteiger partial charge < -0.3 is 15.1 Å². The third-order valence-corrected chi connectivity index (χ3v) is 5.81. The van der Waals surface area contributed by atoms with Crippen LogP contribution in [0, 0.1) is 11.7 Å². The van der Waals surface area contributed by atoms with Gasteiger partial charge in [0.15, 0.2) is 0 Å². The lowest BCUT2D eigenvalue weighted by atomic mass is 9.84. The van der Waals surface area contributed by atoms with Crippen molar-refractivity contribution in [2.24, 2.45) is 5.92 Å². The summed E-state index contributed by atoms with van der Waals surface area (Å²) < 4.78 is 13.3. The number of aryl methyl sites for hydroxylation is 1. The van der Waals surface area contributed by atoms with Gasteiger partial charge in [-0.2, -0.15) is 0 Å². The molecule has 0 aromatic heterocycles. The minimum Gasteiger partial charge on any atom is -0.339 e. The van der Waals surface area contributed by atoms with E-state index in [4.69, 9.17) is 0 Å². The number of benzene rings is 1. The Labute approximate surface area is 147 Å². The monoisotopic (exact) mass is 345 g/mol. The highest BCUT2D eigenvalue weighted by Gasteiger charge is 2.33. The first-order chi connectivity index (χ1) is 12.1. The molecule has 25 heavy (non-hydrogen) atoms. The van der Waals surface area contributed by atoms with Crippen LogP contribution in [0.2, 0.25) is 0 Å². The van der Waals surface area contributed by atoms with Gasteiger partial charge in [-0.25, -0.2) is 9.18 Å². The van der Waals surface area contributed by atoms with Gasteiger partial charge in [0, 0.05) is 32.1 Å². The Morgan fingerprint density at radius 2 is 1.76 bits per heavy atom. The zero-order valence-electron chi connectivity index (χ0n) is 14.3. The molecule has 4 rings (SSSR count). The molecule has 3 aliphatic rings. The molecular weight excluding hydrogens is 321 g/mol. The van der Waals surface area contributed by atoms with E-state index in [1.165, 1.54) is 6.07 Å². The maximum atomic E-state index is 13.3. The van der Waals surface area contributed by atoms with Gasteiger partial charge in [-0.05, 0) is 48.9 Å². The number of fused-ring (bicyclic) bond motifs is 1. The molecule has 1 unspecified atom stereocenters. The Kier molecular flexibility index (Phi) is 4.36. The molecule has 1 aromatic rings. The van der Waals surface area contributed by atoms with Crippen molar-refractivity contribution >= 4 is 11.9 Å². The largest absolute Gasteiger partial charge is 0.339 e. The van der Waals surface area contributed by atoms with E-state index in [0.717, 1.165) is 43.2 Å². The van der Waals surface area contributed by atoms with Crippen LogP contribution in [-0.4, -0.2) is 47.9 Å². The van der Waals surface area contributed by atoms with E-state index in [9.17, 15) is 14.0 Å². The molecule has 0 radical (unpaired) electrons. The minimum atomic E-state index is -0.224. The molecule has 2 fully saturated rings. The first-order valence-electron chi connectivity index (χ1n) is 9.24. The van der Waals surface area contributed by atoms with Gasteiger partial charge in [0.25, 0.3) is 0 Å². The molecule has 5 nitrogen and oxygen atoms in total. The third-order valence-electron chi connectivity index (χ3n) is 5.81. The lowest BCUT2D eigenvalue weighted by molar-refractivity contribution is -0.139. The normalized spacial score (nSPS) is 23.2. The molecule has 2 aliphatic carbocycles. The summed E-state index contributed by atoms with van der Waals surface area (Å²) in [6, 6.07) is 4.66. The second kappa shape index (κ2) is 6.65. The lowest BCUT2D eigenvalue weighted by Crippen LogP contribution is -2.54. The molecule has 6 heteroatoms. The van der Waals surface area contributed by atoms with E-state index in [1.807, 2.05) is 4.90 Å². The molecule has 0 spiro atoms. The number of hydrogen-bond donors (Lipinski definition) is 1. The Balaban J connectivity index is 1.31. The first kappa shape index (κ1) is 16.4. The van der Waals surface area contributed by atoms with Crippen molar-refractivity contribution in [1.82, 2.24) is 15.1 Å². The van der Waals surface area contributed by atoms with Crippen molar-refractivity contribution in [2.75, 3.05) is 26.2 Å². The molecule has 1 aromatic carbocycles. The van der Waals surface area contributed by atoms with Gasteiger partial charge >= 0.3 is 6.03 Å². The Morgan fingerprint density at radius 3 is 2.44 bits per heavy atom. The van der Waals surface area contributed by atoms with Gasteiger partial charge in [-0.15, -0.1) is 0 Å². The molecule has 1 heterocycles. The number of halogens is 1. The van der Waals surface area contributed by atoms with E-state index in [0.29, 0.717) is 26.2 Å². The standard InChI is InChI=1S/C19H24FN3O2/c20-15-5-6-16-14(12-15)4-7-17(16)21-19(25)23-10-8-22(9-11-23)18(24)13-2-1-3-13/h5-6,12-13,17H,1-4,7-11H2,(H,21,25). The van der Waals surface area contributed by atoms with E-state index in [1.54, 1.807) is 17.0 Å². The van der Waals surface area contributed by atoms with Crippen LogP contribution in [0.4, 0.5) is 9.18 Å². The maximum Gasteiger partial charge on any atom is 0.318 e. The summed E-state index contributed by atoms with van der Waals surface area (Å²) in [5, 5.41) is 3.07. The minimum absolute atomic E-state index is 0.0438. The van der Waals surface area contributed by atoms with Gasteiger partial charge in [-0.3, -0.25) is 4.79 Å². The van der Waals surface area contributed by atoms with Crippen LogP contribution in [0.25, 0.3) is 0 Å².